The van der Waals surface area contributed by atoms with E-state index in [1.54, 1.807) is 6.20 Å². The lowest BCUT2D eigenvalue weighted by molar-refractivity contribution is -0.142. The summed E-state index contributed by atoms with van der Waals surface area (Å²) in [5, 5.41) is 23.7. The van der Waals surface area contributed by atoms with E-state index >= 15 is 0 Å². The fourth-order valence-corrected chi connectivity index (χ4v) is 3.50. The highest BCUT2D eigenvalue weighted by Crippen LogP contribution is 2.24. The third-order valence-corrected chi connectivity index (χ3v) is 4.65. The second-order valence-electron chi connectivity index (χ2n) is 6.92. The van der Waals surface area contributed by atoms with Gasteiger partial charge in [0.05, 0.1) is 12.0 Å². The van der Waals surface area contributed by atoms with Gasteiger partial charge in [0.1, 0.15) is 6.04 Å². The summed E-state index contributed by atoms with van der Waals surface area (Å²) in [5.74, 6) is -1.51. The Hall–Kier alpha value is -2.34. The van der Waals surface area contributed by atoms with Gasteiger partial charge >= 0.3 is 5.97 Å². The molecule has 0 fully saturated rings. The number of para-hydroxylation sites is 1. The van der Waals surface area contributed by atoms with Crippen LogP contribution in [-0.2, 0) is 16.0 Å². The normalized spacial score (nSPS) is 12.9. The number of carboxylic acid groups (broad SMARTS) is 1. The smallest absolute Gasteiger partial charge is 0.326 e. The van der Waals surface area contributed by atoms with Crippen molar-refractivity contribution >= 4 is 22.8 Å². The number of nitrogens with one attached hydrogen (secondary N) is 2. The molecule has 0 radical (unpaired) electrons. The molecule has 1 unspecified atom stereocenters. The molecule has 0 aliphatic carbocycles. The predicted molar refractivity (Wildman–Crippen MR) is 101 cm³/mol. The third kappa shape index (κ3) is 5.08. The number of rotatable bonds is 10. The first kappa shape index (κ1) is 20.0. The molecular weight excluding hydrogens is 332 g/mol. The van der Waals surface area contributed by atoms with Crippen LogP contribution in [-0.4, -0.2) is 38.7 Å². The van der Waals surface area contributed by atoms with Gasteiger partial charge in [-0.1, -0.05) is 44.9 Å². The van der Waals surface area contributed by atoms with Crippen molar-refractivity contribution in [3.05, 3.63) is 36.0 Å². The van der Waals surface area contributed by atoms with Crippen LogP contribution in [0.25, 0.3) is 10.9 Å². The first-order valence-electron chi connectivity index (χ1n) is 9.18. The predicted octanol–water partition coefficient (Wildman–Crippen LogP) is 3.00. The van der Waals surface area contributed by atoms with E-state index in [1.165, 1.54) is 0 Å². The van der Waals surface area contributed by atoms with Gasteiger partial charge in [-0.15, -0.1) is 0 Å². The number of aromatic amines is 1. The highest BCUT2D eigenvalue weighted by molar-refractivity contribution is 5.87. The number of aliphatic hydroxyl groups is 1. The lowest BCUT2D eigenvalue weighted by Crippen LogP contribution is -2.45. The molecule has 0 spiro atoms. The van der Waals surface area contributed by atoms with Gasteiger partial charge in [-0.05, 0) is 24.5 Å². The van der Waals surface area contributed by atoms with Gasteiger partial charge in [-0.3, -0.25) is 4.79 Å². The largest absolute Gasteiger partial charge is 0.480 e. The number of benzene rings is 1. The zero-order valence-electron chi connectivity index (χ0n) is 15.4. The monoisotopic (exact) mass is 360 g/mol. The summed E-state index contributed by atoms with van der Waals surface area (Å²) in [5.41, 5.74) is 0.696. The zero-order chi connectivity index (χ0) is 19.2. The molecule has 26 heavy (non-hydrogen) atoms. The minimum absolute atomic E-state index is 0.0770. The summed E-state index contributed by atoms with van der Waals surface area (Å²) in [4.78, 5) is 27.1. The Bertz CT molecular complexity index is 747. The van der Waals surface area contributed by atoms with Gasteiger partial charge < -0.3 is 20.5 Å². The number of carbonyl (C=O) groups excluding carboxylic acids is 1. The number of H-pyrrole nitrogens is 1. The van der Waals surface area contributed by atoms with Crippen molar-refractivity contribution in [2.45, 2.75) is 64.0 Å². The van der Waals surface area contributed by atoms with Crippen molar-refractivity contribution in [2.24, 2.45) is 0 Å². The quantitative estimate of drug-likeness (QED) is 0.523. The molecule has 0 saturated heterocycles. The lowest BCUT2D eigenvalue weighted by atomic mass is 9.89. The molecule has 4 N–H and O–H groups in total. The van der Waals surface area contributed by atoms with Gasteiger partial charge in [0.15, 0.2) is 0 Å². The van der Waals surface area contributed by atoms with Crippen LogP contribution < -0.4 is 5.32 Å². The minimum Gasteiger partial charge on any atom is -0.480 e. The average Bonchev–Trinajstić information content (AvgIpc) is 2.97. The topological polar surface area (TPSA) is 102 Å². The standard InChI is InChI=1S/C20H28N2O4/c1-3-9-20(26,10-4-2)12-18(23)22-17(19(24)25)11-14-13-21-16-8-6-5-7-15(14)16/h5-8,13,17,21,26H,3-4,9-12H2,1-2H3,(H,22,23)(H,24,25). The van der Waals surface area contributed by atoms with Gasteiger partial charge in [0, 0.05) is 23.5 Å². The fourth-order valence-electron chi connectivity index (χ4n) is 3.50. The van der Waals surface area contributed by atoms with E-state index in [4.69, 9.17) is 0 Å². The average molecular weight is 360 g/mol. The van der Waals surface area contributed by atoms with E-state index in [0.29, 0.717) is 12.8 Å². The second kappa shape index (κ2) is 8.85. The molecule has 2 rings (SSSR count). The minimum atomic E-state index is -1.09. The number of aliphatic carboxylic acids is 1. The SMILES string of the molecule is CCCC(O)(CCC)CC(=O)NC(Cc1c[nH]c2ccccc12)C(=O)O. The van der Waals surface area contributed by atoms with Crippen LogP contribution in [0.5, 0.6) is 0 Å². The Balaban J connectivity index is 2.08. The van der Waals surface area contributed by atoms with Crippen molar-refractivity contribution in [1.29, 1.82) is 0 Å². The van der Waals surface area contributed by atoms with Gasteiger partial charge in [-0.2, -0.15) is 0 Å². The fraction of sp³-hybridized carbons (Fsp3) is 0.500. The number of aromatic nitrogens is 1. The van der Waals surface area contributed by atoms with Crippen LogP contribution in [0.4, 0.5) is 0 Å². The van der Waals surface area contributed by atoms with Crippen LogP contribution in [0.2, 0.25) is 0 Å². The maximum Gasteiger partial charge on any atom is 0.326 e. The number of fused-ring (bicyclic) bond motifs is 1. The molecule has 2 aromatic rings. The highest BCUT2D eigenvalue weighted by atomic mass is 16.4. The van der Waals surface area contributed by atoms with Crippen LogP contribution in [0.3, 0.4) is 0 Å². The summed E-state index contributed by atoms with van der Waals surface area (Å²) >= 11 is 0. The molecule has 0 bridgehead atoms. The maximum atomic E-state index is 12.4. The van der Waals surface area contributed by atoms with E-state index in [1.807, 2.05) is 38.1 Å². The molecule has 1 aromatic heterocycles. The van der Waals surface area contributed by atoms with Crippen LogP contribution in [0.15, 0.2) is 30.5 Å². The van der Waals surface area contributed by atoms with Crippen molar-refractivity contribution in [1.82, 2.24) is 10.3 Å². The molecular formula is C20H28N2O4. The summed E-state index contributed by atoms with van der Waals surface area (Å²) in [6, 6.07) is 6.60. The first-order chi connectivity index (χ1) is 12.4. The third-order valence-electron chi connectivity index (χ3n) is 4.65. The number of carbonyl (C=O) groups is 2. The van der Waals surface area contributed by atoms with Crippen molar-refractivity contribution < 1.29 is 19.8 Å². The highest BCUT2D eigenvalue weighted by Gasteiger charge is 2.30. The van der Waals surface area contributed by atoms with E-state index in [0.717, 1.165) is 29.3 Å². The Morgan fingerprint density at radius 2 is 1.85 bits per heavy atom. The van der Waals surface area contributed by atoms with E-state index in [-0.39, 0.29) is 12.8 Å². The molecule has 0 saturated carbocycles. The van der Waals surface area contributed by atoms with Gasteiger partial charge in [0.25, 0.3) is 0 Å². The number of amides is 1. The van der Waals surface area contributed by atoms with E-state index in [9.17, 15) is 19.8 Å². The van der Waals surface area contributed by atoms with Crippen molar-refractivity contribution in [3.63, 3.8) is 0 Å². The number of hydrogen-bond acceptors (Lipinski definition) is 3. The summed E-state index contributed by atoms with van der Waals surface area (Å²) in [6.45, 7) is 3.91. The van der Waals surface area contributed by atoms with Gasteiger partial charge in [-0.25, -0.2) is 4.79 Å². The molecule has 6 nitrogen and oxygen atoms in total. The second-order valence-corrected chi connectivity index (χ2v) is 6.92. The summed E-state index contributed by atoms with van der Waals surface area (Å²) in [6.07, 6.45) is 4.46. The van der Waals surface area contributed by atoms with E-state index < -0.39 is 23.5 Å². The molecule has 0 aliphatic rings. The Morgan fingerprint density at radius 3 is 2.46 bits per heavy atom. The van der Waals surface area contributed by atoms with E-state index in [2.05, 4.69) is 10.3 Å². The van der Waals surface area contributed by atoms with Crippen molar-refractivity contribution in [3.8, 4) is 0 Å². The van der Waals surface area contributed by atoms with Crippen LogP contribution >= 0.6 is 0 Å². The molecule has 1 amide bonds. The number of carboxylic acids is 1. The van der Waals surface area contributed by atoms with Crippen LogP contribution in [0.1, 0.15) is 51.5 Å². The molecule has 1 atom stereocenters. The lowest BCUT2D eigenvalue weighted by Gasteiger charge is -2.27. The molecule has 1 aromatic carbocycles. The molecule has 0 aliphatic heterocycles. The maximum absolute atomic E-state index is 12.4. The number of hydrogen-bond donors (Lipinski definition) is 4. The first-order valence-corrected chi connectivity index (χ1v) is 9.18. The van der Waals surface area contributed by atoms with Crippen molar-refractivity contribution in [2.75, 3.05) is 0 Å². The Kier molecular flexibility index (Phi) is 6.80. The van der Waals surface area contributed by atoms with Crippen LogP contribution in [0, 0.1) is 0 Å². The summed E-state index contributed by atoms with van der Waals surface area (Å²) < 4.78 is 0. The summed E-state index contributed by atoms with van der Waals surface area (Å²) in [7, 11) is 0. The van der Waals surface area contributed by atoms with Gasteiger partial charge in [0.2, 0.25) is 5.91 Å². The zero-order valence-corrected chi connectivity index (χ0v) is 15.4. The Labute approximate surface area is 153 Å². The molecule has 1 heterocycles. The molecule has 142 valence electrons. The Morgan fingerprint density at radius 1 is 1.19 bits per heavy atom. The molecule has 6 heteroatoms.